The molecule has 7 atom stereocenters. The molecular formula is C25H33N5O5P+. The Labute approximate surface area is 211 Å². The number of aliphatic imine (C=N–C) groups is 1. The predicted molar refractivity (Wildman–Crippen MR) is 134 cm³/mol. The number of nitrogens with zero attached hydrogens (tertiary/aromatic N) is 4. The maximum absolute atomic E-state index is 12.3. The Morgan fingerprint density at radius 3 is 2.92 bits per heavy atom. The summed E-state index contributed by atoms with van der Waals surface area (Å²) in [6, 6.07) is 10.7. The lowest BCUT2D eigenvalue weighted by molar-refractivity contribution is -0.762. The lowest BCUT2D eigenvalue weighted by Crippen LogP contribution is -2.50. The van der Waals surface area contributed by atoms with Gasteiger partial charge in [0.1, 0.15) is 23.9 Å². The Morgan fingerprint density at radius 1 is 1.33 bits per heavy atom. The van der Waals surface area contributed by atoms with E-state index in [0.717, 1.165) is 19.4 Å². The third kappa shape index (κ3) is 4.10. The summed E-state index contributed by atoms with van der Waals surface area (Å²) >= 11 is 0. The molecule has 2 bridgehead atoms. The molecule has 4 saturated heterocycles. The first-order valence-electron chi connectivity index (χ1n) is 12.4. The summed E-state index contributed by atoms with van der Waals surface area (Å²) in [6.07, 6.45) is 4.51. The number of H-pyrrole nitrogens is 1. The maximum Gasteiger partial charge on any atom is 0.402 e. The fraction of sp³-hybridized carbons (Fsp3) is 0.560. The van der Waals surface area contributed by atoms with Gasteiger partial charge in [-0.25, -0.2) is 14.2 Å². The molecule has 192 valence electrons. The number of fused-ring (bicyclic) bond motifs is 3. The van der Waals surface area contributed by atoms with Crippen LogP contribution in [0.5, 0.6) is 0 Å². The van der Waals surface area contributed by atoms with Gasteiger partial charge in [-0.15, -0.1) is 0 Å². The highest BCUT2D eigenvalue weighted by atomic mass is 31.2. The number of aryl methyl sites for hydroxylation is 1. The molecule has 1 unspecified atom stereocenters. The second kappa shape index (κ2) is 9.28. The molecule has 1 N–H and O–H groups in total. The third-order valence-corrected chi connectivity index (χ3v) is 9.08. The summed E-state index contributed by atoms with van der Waals surface area (Å²) < 4.78 is 30.4. The van der Waals surface area contributed by atoms with Gasteiger partial charge in [0.15, 0.2) is 6.34 Å². The minimum Gasteiger partial charge on any atom is -0.366 e. The molecule has 10 nitrogen and oxygen atoms in total. The van der Waals surface area contributed by atoms with E-state index < -0.39 is 20.4 Å². The molecule has 2 aromatic rings. The van der Waals surface area contributed by atoms with Crippen molar-refractivity contribution in [1.82, 2.24) is 14.6 Å². The number of hydrogen-bond donors (Lipinski definition) is 1. The summed E-state index contributed by atoms with van der Waals surface area (Å²) in [5.41, 5.74) is 0.939. The zero-order valence-corrected chi connectivity index (χ0v) is 21.9. The highest BCUT2D eigenvalue weighted by Crippen LogP contribution is 2.63. The zero-order chi connectivity index (χ0) is 25.0. The monoisotopic (exact) mass is 514 g/mol. The van der Waals surface area contributed by atoms with Crippen molar-refractivity contribution in [3.05, 3.63) is 58.0 Å². The van der Waals surface area contributed by atoms with Crippen molar-refractivity contribution in [1.29, 1.82) is 0 Å². The van der Waals surface area contributed by atoms with Crippen molar-refractivity contribution in [2.75, 3.05) is 27.2 Å². The van der Waals surface area contributed by atoms with Crippen LogP contribution in [0.1, 0.15) is 43.2 Å². The maximum atomic E-state index is 12.3. The number of rotatable bonds is 6. The molecule has 0 saturated carbocycles. The molecule has 0 aliphatic carbocycles. The van der Waals surface area contributed by atoms with Gasteiger partial charge in [-0.3, -0.25) is 4.79 Å². The van der Waals surface area contributed by atoms with E-state index in [9.17, 15) is 4.79 Å². The van der Waals surface area contributed by atoms with Crippen LogP contribution in [0.2, 0.25) is 0 Å². The number of aromatic amines is 1. The van der Waals surface area contributed by atoms with Crippen molar-refractivity contribution >= 4 is 20.8 Å². The quantitative estimate of drug-likeness (QED) is 0.274. The minimum absolute atomic E-state index is 0.00695. The van der Waals surface area contributed by atoms with Gasteiger partial charge < -0.3 is 23.4 Å². The van der Waals surface area contributed by atoms with E-state index in [2.05, 4.69) is 38.9 Å². The van der Waals surface area contributed by atoms with E-state index >= 15 is 0 Å². The molecule has 4 fully saturated rings. The standard InChI is InChI=1S/C25H32N5O5P/c1-16-13-29(24(27-22(16)31)26-15-28(3)4)23-20-21(25(2,33-23)14-32-20)35-36-30-12-8-11-18(30)19(34-36)17-9-6-5-7-10-17/h5-7,9-10,13,15,18-21,23H,8,11-12,14H2,1-4H3/p+1/t18-,19+,20+,21?,23-,25+,36+/m1/s1. The van der Waals surface area contributed by atoms with Gasteiger partial charge in [-0.1, -0.05) is 35.3 Å². The van der Waals surface area contributed by atoms with Crippen molar-refractivity contribution in [3.63, 3.8) is 0 Å². The van der Waals surface area contributed by atoms with E-state index in [1.54, 1.807) is 19.5 Å². The second-order valence-corrected chi connectivity index (χ2v) is 11.8. The lowest BCUT2D eigenvalue weighted by atomic mass is 10.0. The first-order valence-corrected chi connectivity index (χ1v) is 13.6. The van der Waals surface area contributed by atoms with Gasteiger partial charge in [0.05, 0.1) is 18.4 Å². The lowest BCUT2D eigenvalue weighted by Gasteiger charge is -2.28. The average molecular weight is 515 g/mol. The smallest absolute Gasteiger partial charge is 0.366 e. The number of ether oxygens (including phenoxy) is 2. The molecule has 0 amide bonds. The Balaban J connectivity index is 1.27. The summed E-state index contributed by atoms with van der Waals surface area (Å²) in [4.78, 5) is 21.5. The fourth-order valence-electron chi connectivity index (χ4n) is 5.52. The summed E-state index contributed by atoms with van der Waals surface area (Å²) in [5, 5.41) is 0. The fourth-order valence-corrected chi connectivity index (χ4v) is 7.59. The molecule has 4 aliphatic heterocycles. The van der Waals surface area contributed by atoms with E-state index in [4.69, 9.17) is 18.5 Å². The van der Waals surface area contributed by atoms with Crippen molar-refractivity contribution in [2.45, 2.75) is 62.9 Å². The summed E-state index contributed by atoms with van der Waals surface area (Å²) in [5.74, 6) is 0.398. The van der Waals surface area contributed by atoms with E-state index in [1.807, 2.05) is 36.6 Å². The first kappa shape index (κ1) is 24.2. The highest BCUT2D eigenvalue weighted by Gasteiger charge is 2.64. The normalized spacial score (nSPS) is 35.7. The Bertz CT molecular complexity index is 1210. The van der Waals surface area contributed by atoms with E-state index in [1.165, 1.54) is 5.56 Å². The van der Waals surface area contributed by atoms with Crippen molar-refractivity contribution in [3.8, 4) is 0 Å². The van der Waals surface area contributed by atoms with Crippen LogP contribution in [0.25, 0.3) is 0 Å². The molecular weight excluding hydrogens is 481 g/mol. The van der Waals surface area contributed by atoms with E-state index in [0.29, 0.717) is 24.2 Å². The molecule has 5 heterocycles. The van der Waals surface area contributed by atoms with Gasteiger partial charge in [0.2, 0.25) is 6.23 Å². The SMILES string of the molecule is Cc1c[n+]([C@@H]2O[C@@]3(C)CO[C@H]2C3O[P@]2O[C@@H](c3ccccc3)[C@H]3CCCN32)c(N=CN(C)C)[nH]c1=O. The molecule has 1 aromatic carbocycles. The van der Waals surface area contributed by atoms with Crippen molar-refractivity contribution < 1.29 is 23.1 Å². The molecule has 0 spiro atoms. The summed E-state index contributed by atoms with van der Waals surface area (Å²) in [7, 11) is 2.49. The van der Waals surface area contributed by atoms with Crippen LogP contribution in [0.3, 0.4) is 0 Å². The van der Waals surface area contributed by atoms with Gasteiger partial charge in [0.25, 0.3) is 8.53 Å². The number of benzene rings is 1. The van der Waals surface area contributed by atoms with Crippen LogP contribution in [0.4, 0.5) is 5.95 Å². The second-order valence-electron chi connectivity index (χ2n) is 10.4. The van der Waals surface area contributed by atoms with Crippen LogP contribution >= 0.6 is 8.53 Å². The van der Waals surface area contributed by atoms with Gasteiger partial charge in [-0.05, 0) is 32.3 Å². The number of hydrogen-bond acceptors (Lipinski definition) is 7. The van der Waals surface area contributed by atoms with Crippen LogP contribution in [-0.2, 0) is 18.5 Å². The Hall–Kier alpha value is -2.20. The van der Waals surface area contributed by atoms with Crippen LogP contribution in [-0.4, -0.2) is 72.0 Å². The van der Waals surface area contributed by atoms with Crippen LogP contribution in [0, 0.1) is 6.92 Å². The highest BCUT2D eigenvalue weighted by molar-refractivity contribution is 7.45. The van der Waals surface area contributed by atoms with Crippen LogP contribution < -0.4 is 10.1 Å². The van der Waals surface area contributed by atoms with Gasteiger partial charge in [0, 0.05) is 26.7 Å². The van der Waals surface area contributed by atoms with Crippen LogP contribution in [0.15, 0.2) is 46.3 Å². The topological polar surface area (TPSA) is 92.5 Å². The zero-order valence-electron chi connectivity index (χ0n) is 21.0. The Kier molecular flexibility index (Phi) is 6.22. The van der Waals surface area contributed by atoms with E-state index in [-0.39, 0.29) is 23.9 Å². The Morgan fingerprint density at radius 2 is 2.14 bits per heavy atom. The average Bonchev–Trinajstić information content (AvgIpc) is 3.60. The largest absolute Gasteiger partial charge is 0.402 e. The predicted octanol–water partition coefficient (Wildman–Crippen LogP) is 2.73. The molecule has 0 radical (unpaired) electrons. The third-order valence-electron chi connectivity index (χ3n) is 7.34. The minimum atomic E-state index is -1.26. The number of aromatic nitrogens is 2. The molecule has 6 rings (SSSR count). The van der Waals surface area contributed by atoms with Gasteiger partial charge in [-0.2, -0.15) is 0 Å². The van der Waals surface area contributed by atoms with Gasteiger partial charge >= 0.3 is 11.5 Å². The summed E-state index contributed by atoms with van der Waals surface area (Å²) in [6.45, 7) is 5.20. The molecule has 36 heavy (non-hydrogen) atoms. The molecule has 1 aromatic heterocycles. The van der Waals surface area contributed by atoms with Crippen molar-refractivity contribution in [2.24, 2.45) is 4.99 Å². The molecule has 4 aliphatic rings. The molecule has 11 heteroatoms. The number of nitrogens with one attached hydrogen (secondary N) is 1. The first-order chi connectivity index (χ1) is 17.3.